The molecule has 0 atom stereocenters. The number of methoxy groups -OCH3 is 2. The fourth-order valence-corrected chi connectivity index (χ4v) is 4.16. The smallest absolute Gasteiger partial charge is 0.331 e. The summed E-state index contributed by atoms with van der Waals surface area (Å²) in [5.41, 5.74) is 1.54. The summed E-state index contributed by atoms with van der Waals surface area (Å²) in [4.78, 5) is 52.4. The van der Waals surface area contributed by atoms with Crippen molar-refractivity contribution in [2.75, 3.05) is 19.5 Å². The Morgan fingerprint density at radius 1 is 0.923 bits per heavy atom. The number of carbonyl (C=O) groups is 2. The average molecular weight is 535 g/mol. The van der Waals surface area contributed by atoms with E-state index in [0.717, 1.165) is 15.7 Å². The zero-order valence-electron chi connectivity index (χ0n) is 22.2. The molecule has 2 aromatic carbocycles. The van der Waals surface area contributed by atoms with Gasteiger partial charge in [0, 0.05) is 24.7 Å². The number of rotatable bonds is 10. The molecule has 2 heterocycles. The zero-order valence-corrected chi connectivity index (χ0v) is 22.2. The first-order valence-corrected chi connectivity index (χ1v) is 12.3. The number of nitrogens with zero attached hydrogens (tertiary/aromatic N) is 2. The molecule has 2 N–H and O–H groups in total. The molecule has 11 nitrogen and oxygen atoms in total. The third kappa shape index (κ3) is 6.03. The van der Waals surface area contributed by atoms with Crippen molar-refractivity contribution in [2.45, 2.75) is 39.9 Å². The molecule has 0 saturated carbocycles. The van der Waals surface area contributed by atoms with Crippen molar-refractivity contribution in [3.8, 4) is 11.5 Å². The van der Waals surface area contributed by atoms with Crippen molar-refractivity contribution in [2.24, 2.45) is 0 Å². The maximum Gasteiger partial charge on any atom is 0.331 e. The van der Waals surface area contributed by atoms with Crippen LogP contribution < -0.4 is 31.4 Å². The number of anilines is 1. The average Bonchev–Trinajstić information content (AvgIpc) is 3.45. The maximum atomic E-state index is 13.5. The van der Waals surface area contributed by atoms with Gasteiger partial charge in [-0.05, 0) is 55.3 Å². The molecule has 0 unspecified atom stereocenters. The van der Waals surface area contributed by atoms with Crippen molar-refractivity contribution in [1.82, 2.24) is 14.5 Å². The Hall–Kier alpha value is -4.80. The van der Waals surface area contributed by atoms with Crippen LogP contribution in [0, 0.1) is 13.8 Å². The van der Waals surface area contributed by atoms with Crippen LogP contribution in [0.4, 0.5) is 5.69 Å². The Balaban J connectivity index is 1.68. The molecular weight excluding hydrogens is 504 g/mol. The minimum Gasteiger partial charge on any atom is -0.493 e. The van der Waals surface area contributed by atoms with Gasteiger partial charge in [0.05, 0.1) is 37.9 Å². The number of aromatic nitrogens is 2. The highest BCUT2D eigenvalue weighted by atomic mass is 16.5. The number of hydrogen-bond donors (Lipinski definition) is 2. The molecule has 0 aliphatic carbocycles. The van der Waals surface area contributed by atoms with Gasteiger partial charge in [-0.2, -0.15) is 0 Å². The maximum absolute atomic E-state index is 13.5. The van der Waals surface area contributed by atoms with Gasteiger partial charge in [-0.3, -0.25) is 23.5 Å². The quantitative estimate of drug-likeness (QED) is 0.320. The summed E-state index contributed by atoms with van der Waals surface area (Å²) in [6, 6.07) is 11.9. The largest absolute Gasteiger partial charge is 0.493 e. The van der Waals surface area contributed by atoms with E-state index in [2.05, 4.69) is 10.6 Å². The number of carbonyl (C=O) groups excluding carboxylic acids is 2. The second-order valence-electron chi connectivity index (χ2n) is 9.00. The molecule has 4 rings (SSSR count). The fraction of sp³-hybridized carbons (Fsp3) is 0.286. The molecule has 0 aliphatic heterocycles. The van der Waals surface area contributed by atoms with E-state index >= 15 is 0 Å². The lowest BCUT2D eigenvalue weighted by Crippen LogP contribution is -2.42. The van der Waals surface area contributed by atoms with E-state index in [1.54, 1.807) is 18.2 Å². The van der Waals surface area contributed by atoms with E-state index < -0.39 is 17.2 Å². The normalized spacial score (nSPS) is 10.9. The number of hydrogen-bond acceptors (Lipinski definition) is 7. The second-order valence-corrected chi connectivity index (χ2v) is 9.00. The second kappa shape index (κ2) is 11.7. The Kier molecular flexibility index (Phi) is 8.18. The Morgan fingerprint density at radius 2 is 1.67 bits per heavy atom. The van der Waals surface area contributed by atoms with E-state index in [1.165, 1.54) is 37.2 Å². The van der Waals surface area contributed by atoms with Gasteiger partial charge in [-0.15, -0.1) is 0 Å². The summed E-state index contributed by atoms with van der Waals surface area (Å²) in [7, 11) is 2.86. The highest BCUT2D eigenvalue weighted by molar-refractivity contribution is 5.92. The van der Waals surface area contributed by atoms with E-state index in [-0.39, 0.29) is 48.6 Å². The van der Waals surface area contributed by atoms with Gasteiger partial charge in [0.25, 0.3) is 5.56 Å². The standard InChI is InChI=1S/C28H30N4O7/c1-17-7-8-19(12-18(17)2)30-26(34)16-32-22-14-24(38-4)23(37-3)13-21(22)27(35)31(28(32)36)10-9-25(33)29-15-20-6-5-11-39-20/h5-8,11-14H,9-10,15-16H2,1-4H3,(H,29,33)(H,30,34). The molecule has 2 aromatic heterocycles. The lowest BCUT2D eigenvalue weighted by Gasteiger charge is -2.16. The summed E-state index contributed by atoms with van der Waals surface area (Å²) < 4.78 is 18.0. The Morgan fingerprint density at radius 3 is 2.33 bits per heavy atom. The van der Waals surface area contributed by atoms with Gasteiger partial charge in [0.2, 0.25) is 11.8 Å². The minimum atomic E-state index is -0.728. The van der Waals surface area contributed by atoms with Crippen molar-refractivity contribution < 1.29 is 23.5 Å². The van der Waals surface area contributed by atoms with Crippen molar-refractivity contribution in [3.05, 3.63) is 86.5 Å². The molecule has 2 amide bonds. The van der Waals surface area contributed by atoms with Crippen LogP contribution in [-0.2, 0) is 29.2 Å². The van der Waals surface area contributed by atoms with Crippen LogP contribution in [0.15, 0.2) is 62.7 Å². The first-order chi connectivity index (χ1) is 18.7. The Labute approximate surface area is 224 Å². The highest BCUT2D eigenvalue weighted by Gasteiger charge is 2.19. The summed E-state index contributed by atoms with van der Waals surface area (Å²) in [6.45, 7) is 3.52. The van der Waals surface area contributed by atoms with Crippen molar-refractivity contribution >= 4 is 28.4 Å². The fourth-order valence-electron chi connectivity index (χ4n) is 4.16. The summed E-state index contributed by atoms with van der Waals surface area (Å²) >= 11 is 0. The molecule has 0 fully saturated rings. The molecule has 39 heavy (non-hydrogen) atoms. The molecular formula is C28H30N4O7. The van der Waals surface area contributed by atoms with Gasteiger partial charge in [0.15, 0.2) is 11.5 Å². The lowest BCUT2D eigenvalue weighted by molar-refractivity contribution is -0.121. The van der Waals surface area contributed by atoms with Crippen LogP contribution in [0.5, 0.6) is 11.5 Å². The first-order valence-electron chi connectivity index (χ1n) is 12.3. The first kappa shape index (κ1) is 27.2. The topological polar surface area (TPSA) is 134 Å². The van der Waals surface area contributed by atoms with Crippen LogP contribution in [-0.4, -0.2) is 35.2 Å². The van der Waals surface area contributed by atoms with Crippen LogP contribution in [0.2, 0.25) is 0 Å². The summed E-state index contributed by atoms with van der Waals surface area (Å²) in [5, 5.41) is 5.63. The van der Waals surface area contributed by atoms with Crippen molar-refractivity contribution in [3.63, 3.8) is 0 Å². The third-order valence-electron chi connectivity index (χ3n) is 6.42. The zero-order chi connectivity index (χ0) is 28.1. The van der Waals surface area contributed by atoms with Gasteiger partial charge in [0.1, 0.15) is 12.3 Å². The molecule has 0 spiro atoms. The van der Waals surface area contributed by atoms with Crippen molar-refractivity contribution in [1.29, 1.82) is 0 Å². The van der Waals surface area contributed by atoms with Gasteiger partial charge in [-0.1, -0.05) is 6.07 Å². The number of fused-ring (bicyclic) bond motifs is 1. The van der Waals surface area contributed by atoms with Gasteiger partial charge < -0.3 is 24.5 Å². The number of benzene rings is 2. The van der Waals surface area contributed by atoms with Crippen LogP contribution >= 0.6 is 0 Å². The molecule has 0 aliphatic rings. The minimum absolute atomic E-state index is 0.135. The number of ether oxygens (including phenoxy) is 2. The molecule has 0 saturated heterocycles. The number of aryl methyl sites for hydroxylation is 2. The van der Waals surface area contributed by atoms with Crippen LogP contribution in [0.3, 0.4) is 0 Å². The molecule has 11 heteroatoms. The molecule has 204 valence electrons. The molecule has 0 radical (unpaired) electrons. The third-order valence-corrected chi connectivity index (χ3v) is 6.42. The number of nitrogens with one attached hydrogen (secondary N) is 2. The SMILES string of the molecule is COc1cc2c(=O)n(CCC(=O)NCc3ccco3)c(=O)n(CC(=O)Nc3ccc(C)c(C)c3)c2cc1OC. The highest BCUT2D eigenvalue weighted by Crippen LogP contribution is 2.30. The van der Waals surface area contributed by atoms with E-state index in [1.807, 2.05) is 26.0 Å². The van der Waals surface area contributed by atoms with E-state index in [9.17, 15) is 19.2 Å². The van der Waals surface area contributed by atoms with Crippen LogP contribution in [0.25, 0.3) is 10.9 Å². The Bertz CT molecular complexity index is 1630. The van der Waals surface area contributed by atoms with Crippen LogP contribution in [0.1, 0.15) is 23.3 Å². The summed E-state index contributed by atoms with van der Waals surface area (Å²) in [5.74, 6) is 0.322. The number of amides is 2. The van der Waals surface area contributed by atoms with Gasteiger partial charge in [-0.25, -0.2) is 4.79 Å². The molecule has 0 bridgehead atoms. The predicted molar refractivity (Wildman–Crippen MR) is 145 cm³/mol. The van der Waals surface area contributed by atoms with Gasteiger partial charge >= 0.3 is 5.69 Å². The monoisotopic (exact) mass is 534 g/mol. The number of furan rings is 1. The summed E-state index contributed by atoms with van der Waals surface area (Å²) in [6.07, 6.45) is 1.36. The predicted octanol–water partition coefficient (Wildman–Crippen LogP) is 2.74. The molecule has 4 aromatic rings. The van der Waals surface area contributed by atoms with E-state index in [0.29, 0.717) is 17.2 Å². The lowest BCUT2D eigenvalue weighted by atomic mass is 10.1. The van der Waals surface area contributed by atoms with E-state index in [4.69, 9.17) is 13.9 Å².